The molecule has 0 saturated carbocycles. The van der Waals surface area contributed by atoms with Crippen LogP contribution in [-0.4, -0.2) is 33.5 Å². The van der Waals surface area contributed by atoms with Crippen LogP contribution in [-0.2, 0) is 0 Å². The first-order valence-electron chi connectivity index (χ1n) is 7.99. The van der Waals surface area contributed by atoms with Gasteiger partial charge in [0.25, 0.3) is 0 Å². The van der Waals surface area contributed by atoms with Crippen LogP contribution in [0.15, 0.2) is 49.7 Å². The number of rotatable bonds is 2. The van der Waals surface area contributed by atoms with Gasteiger partial charge in [0.05, 0.1) is 24.1 Å². The van der Waals surface area contributed by atoms with Crippen LogP contribution in [0.2, 0.25) is 0 Å². The minimum Gasteiger partial charge on any atom is -0.493 e. The van der Waals surface area contributed by atoms with Crippen LogP contribution >= 0.6 is 11.8 Å². The van der Waals surface area contributed by atoms with Crippen LogP contribution in [0, 0.1) is 13.8 Å². The Balaban J connectivity index is 1.76. The zero-order valence-electron chi connectivity index (χ0n) is 14.5. The fourth-order valence-electron chi connectivity index (χ4n) is 2.83. The molecular weight excluding hydrogens is 352 g/mol. The van der Waals surface area contributed by atoms with Gasteiger partial charge >= 0.3 is 5.63 Å². The van der Waals surface area contributed by atoms with E-state index in [9.17, 15) is 4.79 Å². The number of ether oxygens (including phenoxy) is 1. The van der Waals surface area contributed by atoms with Gasteiger partial charge in [0.15, 0.2) is 11.3 Å². The third-order valence-electron chi connectivity index (χ3n) is 4.04. The zero-order valence-corrected chi connectivity index (χ0v) is 15.3. The lowest BCUT2D eigenvalue weighted by Crippen LogP contribution is -2.22. The van der Waals surface area contributed by atoms with E-state index >= 15 is 0 Å². The summed E-state index contributed by atoms with van der Waals surface area (Å²) in [6.07, 6.45) is 0. The number of hydrogen-bond donors (Lipinski definition) is 0. The molecule has 1 aliphatic heterocycles. The van der Waals surface area contributed by atoms with E-state index in [1.807, 2.05) is 32.0 Å². The second-order valence-corrected chi connectivity index (χ2v) is 6.83. The monoisotopic (exact) mass is 368 g/mol. The molecule has 0 N–H and O–H groups in total. The molecule has 0 spiro atoms. The van der Waals surface area contributed by atoms with Gasteiger partial charge in [0.2, 0.25) is 5.17 Å². The lowest BCUT2D eigenvalue weighted by molar-refractivity contribution is 0.406. The average molecular weight is 368 g/mol. The van der Waals surface area contributed by atoms with Gasteiger partial charge in [-0.2, -0.15) is 10.2 Å². The van der Waals surface area contributed by atoms with Crippen molar-refractivity contribution in [3.8, 4) is 5.75 Å². The van der Waals surface area contributed by atoms with Crippen molar-refractivity contribution < 1.29 is 9.15 Å². The molecule has 7 nitrogen and oxygen atoms in total. The van der Waals surface area contributed by atoms with Gasteiger partial charge in [-0.25, -0.2) is 9.48 Å². The molecule has 0 atom stereocenters. The Hall–Kier alpha value is -2.87. The van der Waals surface area contributed by atoms with E-state index in [2.05, 4.69) is 15.3 Å². The molecule has 0 aliphatic carbocycles. The Morgan fingerprint density at radius 3 is 2.73 bits per heavy atom. The van der Waals surface area contributed by atoms with Crippen molar-refractivity contribution in [3.05, 3.63) is 57.7 Å². The molecule has 132 valence electrons. The van der Waals surface area contributed by atoms with Crippen molar-refractivity contribution in [1.29, 1.82) is 0 Å². The molecule has 2 aromatic heterocycles. The Morgan fingerprint density at radius 2 is 2.08 bits per heavy atom. The molecule has 0 saturated heterocycles. The van der Waals surface area contributed by atoms with Crippen LogP contribution < -0.4 is 10.4 Å². The fourth-order valence-corrected chi connectivity index (χ4v) is 3.72. The van der Waals surface area contributed by atoms with E-state index in [0.717, 1.165) is 16.8 Å². The number of aryl methyl sites for hydroxylation is 2. The van der Waals surface area contributed by atoms with Gasteiger partial charge in [-0.3, -0.25) is 0 Å². The lowest BCUT2D eigenvalue weighted by atomic mass is 10.1. The van der Waals surface area contributed by atoms with Crippen molar-refractivity contribution >= 4 is 33.6 Å². The molecule has 1 aliphatic rings. The van der Waals surface area contributed by atoms with Crippen molar-refractivity contribution in [3.63, 3.8) is 0 Å². The number of hydrogen-bond acceptors (Lipinski definition) is 7. The van der Waals surface area contributed by atoms with E-state index in [4.69, 9.17) is 9.15 Å². The van der Waals surface area contributed by atoms with Gasteiger partial charge in [-0.15, -0.1) is 5.10 Å². The van der Waals surface area contributed by atoms with Gasteiger partial charge in [0.1, 0.15) is 0 Å². The Labute approximate surface area is 153 Å². The number of fused-ring (bicyclic) bond motifs is 1. The van der Waals surface area contributed by atoms with E-state index in [-0.39, 0.29) is 0 Å². The molecule has 26 heavy (non-hydrogen) atoms. The number of benzene rings is 1. The molecule has 0 radical (unpaired) electrons. The van der Waals surface area contributed by atoms with Gasteiger partial charge < -0.3 is 9.15 Å². The number of thioether (sulfide) groups is 1. The number of aromatic nitrogens is 2. The summed E-state index contributed by atoms with van der Waals surface area (Å²) in [6, 6.07) is 9.22. The van der Waals surface area contributed by atoms with Crippen LogP contribution in [0.25, 0.3) is 11.0 Å². The molecule has 3 heterocycles. The highest BCUT2D eigenvalue weighted by Crippen LogP contribution is 2.25. The average Bonchev–Trinajstić information content (AvgIpc) is 2.99. The largest absolute Gasteiger partial charge is 0.493 e. The highest BCUT2D eigenvalue weighted by Gasteiger charge is 2.20. The summed E-state index contributed by atoms with van der Waals surface area (Å²) < 4.78 is 12.5. The Kier molecular flexibility index (Phi) is 4.12. The summed E-state index contributed by atoms with van der Waals surface area (Å²) in [5.74, 6) is 1.04. The molecule has 3 aromatic rings. The number of nitrogens with zero attached hydrogens (tertiary/aromatic N) is 4. The topological polar surface area (TPSA) is 82.0 Å². The number of para-hydroxylation sites is 1. The second kappa shape index (κ2) is 6.45. The second-order valence-electron chi connectivity index (χ2n) is 5.88. The summed E-state index contributed by atoms with van der Waals surface area (Å²) in [5.41, 5.74) is 2.88. The standard InChI is InChI=1S/C18H16N4O3S/c1-10-7-11(2)22(21-10)18-20-19-14(9-26-18)13-8-12-5-4-6-15(24-3)16(12)25-17(13)23/h4-8H,9H2,1-3H3. The third kappa shape index (κ3) is 2.82. The number of methoxy groups -OCH3 is 1. The molecule has 0 unspecified atom stereocenters. The molecular formula is C18H16N4O3S. The molecule has 8 heteroatoms. The molecule has 0 bridgehead atoms. The minimum absolute atomic E-state index is 0.412. The molecule has 0 amide bonds. The summed E-state index contributed by atoms with van der Waals surface area (Å²) in [5, 5.41) is 14.4. The fraction of sp³-hybridized carbons (Fsp3) is 0.222. The maximum Gasteiger partial charge on any atom is 0.345 e. The highest BCUT2D eigenvalue weighted by molar-refractivity contribution is 8.14. The summed E-state index contributed by atoms with van der Waals surface area (Å²) in [6.45, 7) is 3.90. The maximum absolute atomic E-state index is 12.4. The quantitative estimate of drug-likeness (QED) is 0.650. The Bertz CT molecular complexity index is 1130. The first-order chi connectivity index (χ1) is 12.6. The lowest BCUT2D eigenvalue weighted by Gasteiger charge is -2.13. The van der Waals surface area contributed by atoms with E-state index in [0.29, 0.717) is 33.5 Å². The first-order valence-corrected chi connectivity index (χ1v) is 8.97. The van der Waals surface area contributed by atoms with Crippen LogP contribution in [0.3, 0.4) is 0 Å². The van der Waals surface area contributed by atoms with Crippen molar-refractivity contribution in [2.75, 3.05) is 12.9 Å². The van der Waals surface area contributed by atoms with Crippen molar-refractivity contribution in [2.45, 2.75) is 13.8 Å². The Morgan fingerprint density at radius 1 is 1.23 bits per heavy atom. The summed E-state index contributed by atoms with van der Waals surface area (Å²) in [4.78, 5) is 12.4. The van der Waals surface area contributed by atoms with Crippen molar-refractivity contribution in [2.24, 2.45) is 10.2 Å². The molecule has 1 aromatic carbocycles. The van der Waals surface area contributed by atoms with Gasteiger partial charge in [0, 0.05) is 16.8 Å². The van der Waals surface area contributed by atoms with E-state index < -0.39 is 5.63 Å². The minimum atomic E-state index is -0.453. The van der Waals surface area contributed by atoms with E-state index in [1.165, 1.54) is 11.8 Å². The molecule has 0 fully saturated rings. The zero-order chi connectivity index (χ0) is 18.3. The van der Waals surface area contributed by atoms with Gasteiger partial charge in [-0.1, -0.05) is 23.9 Å². The smallest absolute Gasteiger partial charge is 0.345 e. The predicted octanol–water partition coefficient (Wildman–Crippen LogP) is 2.97. The van der Waals surface area contributed by atoms with Crippen LogP contribution in [0.1, 0.15) is 17.0 Å². The summed E-state index contributed by atoms with van der Waals surface area (Å²) in [7, 11) is 1.54. The maximum atomic E-state index is 12.4. The van der Waals surface area contributed by atoms with Crippen LogP contribution in [0.5, 0.6) is 5.75 Å². The normalized spacial score (nSPS) is 14.3. The highest BCUT2D eigenvalue weighted by atomic mass is 32.2. The van der Waals surface area contributed by atoms with Crippen LogP contribution in [0.4, 0.5) is 0 Å². The van der Waals surface area contributed by atoms with Gasteiger partial charge in [-0.05, 0) is 32.0 Å². The van der Waals surface area contributed by atoms with Crippen molar-refractivity contribution in [1.82, 2.24) is 9.78 Å². The summed E-state index contributed by atoms with van der Waals surface area (Å²) >= 11 is 1.48. The predicted molar refractivity (Wildman–Crippen MR) is 103 cm³/mol. The first kappa shape index (κ1) is 16.6. The molecule has 4 rings (SSSR count). The third-order valence-corrected chi connectivity index (χ3v) is 4.97. The SMILES string of the molecule is COc1cccc2cc(C3=NN=C(n4nc(C)cc4C)SC3)c(=O)oc12. The van der Waals surface area contributed by atoms with E-state index in [1.54, 1.807) is 23.9 Å².